The Balaban J connectivity index is 0. The molecule has 60 valence electrons. The molecule has 3 nitrogen and oxygen atoms in total. The van der Waals surface area contributed by atoms with Crippen LogP contribution in [0.25, 0.3) is 0 Å². The highest BCUT2D eigenvalue weighted by atomic mass is 35.5. The summed E-state index contributed by atoms with van der Waals surface area (Å²) < 4.78 is 4.57. The molecule has 4 heteroatoms. The van der Waals surface area contributed by atoms with Gasteiger partial charge in [-0.2, -0.15) is 0 Å². The Morgan fingerprint density at radius 3 is 2.70 bits per heavy atom. The summed E-state index contributed by atoms with van der Waals surface area (Å²) in [7, 11) is 0. The number of hydrogen-bond donors (Lipinski definition) is 1. The molecule has 2 N–H and O–H groups in total. The normalized spacial score (nSPS) is 11.0. The van der Waals surface area contributed by atoms with Gasteiger partial charge in [-0.05, 0) is 6.92 Å². The number of ether oxygens (including phenoxy) is 1. The minimum absolute atomic E-state index is 0. The van der Waals surface area contributed by atoms with E-state index in [1.165, 1.54) is 6.08 Å². The van der Waals surface area contributed by atoms with Crippen molar-refractivity contribution in [1.29, 1.82) is 0 Å². The summed E-state index contributed by atoms with van der Waals surface area (Å²) in [5.41, 5.74) is 5.17. The first-order valence-electron chi connectivity index (χ1n) is 2.71. The highest BCUT2D eigenvalue weighted by molar-refractivity contribution is 5.85. The molecule has 0 aliphatic carbocycles. The van der Waals surface area contributed by atoms with Gasteiger partial charge in [0.1, 0.15) is 12.6 Å². The first-order chi connectivity index (χ1) is 4.18. The van der Waals surface area contributed by atoms with Crippen molar-refractivity contribution in [3.05, 3.63) is 12.7 Å². The Morgan fingerprint density at radius 2 is 2.40 bits per heavy atom. The van der Waals surface area contributed by atoms with E-state index >= 15 is 0 Å². The SMILES string of the molecule is C=CCOC(=O)[C@@H](C)N.Cl. The quantitative estimate of drug-likeness (QED) is 0.489. The van der Waals surface area contributed by atoms with Crippen LogP contribution >= 0.6 is 12.4 Å². The number of carbonyl (C=O) groups excluding carboxylic acids is 1. The molecule has 0 aromatic carbocycles. The maximum Gasteiger partial charge on any atom is 0.322 e. The van der Waals surface area contributed by atoms with Gasteiger partial charge < -0.3 is 10.5 Å². The number of rotatable bonds is 3. The summed E-state index contributed by atoms with van der Waals surface area (Å²) in [6, 6.07) is -0.537. The van der Waals surface area contributed by atoms with E-state index in [9.17, 15) is 4.79 Å². The van der Waals surface area contributed by atoms with Gasteiger partial charge in [-0.1, -0.05) is 12.7 Å². The van der Waals surface area contributed by atoms with Crippen molar-refractivity contribution in [2.45, 2.75) is 13.0 Å². The Hall–Kier alpha value is -0.540. The second-order valence-corrected chi connectivity index (χ2v) is 1.71. The Kier molecular flexibility index (Phi) is 8.00. The third kappa shape index (κ3) is 5.59. The van der Waals surface area contributed by atoms with Gasteiger partial charge in [0.05, 0.1) is 0 Å². The Bertz CT molecular complexity index is 114. The lowest BCUT2D eigenvalue weighted by molar-refractivity contribution is -0.143. The lowest BCUT2D eigenvalue weighted by Crippen LogP contribution is -2.28. The largest absolute Gasteiger partial charge is 0.460 e. The number of carbonyl (C=O) groups is 1. The van der Waals surface area contributed by atoms with Crippen LogP contribution in [0, 0.1) is 0 Å². The van der Waals surface area contributed by atoms with E-state index < -0.39 is 12.0 Å². The molecule has 0 bridgehead atoms. The van der Waals surface area contributed by atoms with Gasteiger partial charge >= 0.3 is 5.97 Å². The van der Waals surface area contributed by atoms with Crippen molar-refractivity contribution >= 4 is 18.4 Å². The lowest BCUT2D eigenvalue weighted by Gasteiger charge is -2.02. The smallest absolute Gasteiger partial charge is 0.322 e. The molecule has 10 heavy (non-hydrogen) atoms. The van der Waals surface area contributed by atoms with Crippen LogP contribution in [-0.2, 0) is 9.53 Å². The maximum absolute atomic E-state index is 10.5. The van der Waals surface area contributed by atoms with Crippen molar-refractivity contribution in [3.63, 3.8) is 0 Å². The molecule has 0 amide bonds. The number of halogens is 1. The fourth-order valence-electron chi connectivity index (χ4n) is 0.273. The average molecular weight is 166 g/mol. The molecule has 0 unspecified atom stereocenters. The van der Waals surface area contributed by atoms with Crippen LogP contribution in [0.5, 0.6) is 0 Å². The minimum Gasteiger partial charge on any atom is -0.460 e. The van der Waals surface area contributed by atoms with Crippen molar-refractivity contribution < 1.29 is 9.53 Å². The molecular weight excluding hydrogens is 154 g/mol. The van der Waals surface area contributed by atoms with Gasteiger partial charge in [-0.15, -0.1) is 12.4 Å². The van der Waals surface area contributed by atoms with Crippen LogP contribution in [0.4, 0.5) is 0 Å². The summed E-state index contributed by atoms with van der Waals surface area (Å²) in [6.45, 7) is 5.19. The topological polar surface area (TPSA) is 52.3 Å². The molecule has 0 radical (unpaired) electrons. The predicted molar refractivity (Wildman–Crippen MR) is 42.1 cm³/mol. The van der Waals surface area contributed by atoms with Gasteiger partial charge in [0.2, 0.25) is 0 Å². The first-order valence-corrected chi connectivity index (χ1v) is 2.71. The Morgan fingerprint density at radius 1 is 1.90 bits per heavy atom. The molecule has 0 fully saturated rings. The zero-order valence-corrected chi connectivity index (χ0v) is 6.69. The molecule has 0 aliphatic rings. The third-order valence-electron chi connectivity index (χ3n) is 0.715. The molecule has 0 aliphatic heterocycles. The zero-order chi connectivity index (χ0) is 7.28. The Labute approximate surface area is 66.6 Å². The number of nitrogens with two attached hydrogens (primary N) is 1. The van der Waals surface area contributed by atoms with Crippen LogP contribution in [0.15, 0.2) is 12.7 Å². The van der Waals surface area contributed by atoms with Crippen molar-refractivity contribution in [1.82, 2.24) is 0 Å². The van der Waals surface area contributed by atoms with Gasteiger partial charge in [-0.25, -0.2) is 0 Å². The molecule has 0 aromatic heterocycles. The third-order valence-corrected chi connectivity index (χ3v) is 0.715. The van der Waals surface area contributed by atoms with Crippen LogP contribution < -0.4 is 5.73 Å². The predicted octanol–water partition coefficient (Wildman–Crippen LogP) is 0.485. The molecule has 0 saturated heterocycles. The summed E-state index contributed by atoms with van der Waals surface area (Å²) >= 11 is 0. The van der Waals surface area contributed by atoms with E-state index in [4.69, 9.17) is 5.73 Å². The molecule has 0 aromatic rings. The standard InChI is InChI=1S/C6H11NO2.ClH/c1-3-4-9-6(8)5(2)7;/h3,5H,1,4,7H2,2H3;1H/t5-;/m1./s1. The lowest BCUT2D eigenvalue weighted by atomic mass is 10.4. The van der Waals surface area contributed by atoms with Crippen molar-refractivity contribution in [2.24, 2.45) is 5.73 Å². The molecular formula is C6H12ClNO2. The first kappa shape index (κ1) is 12.2. The summed E-state index contributed by atoms with van der Waals surface area (Å²) in [4.78, 5) is 10.5. The highest BCUT2D eigenvalue weighted by Crippen LogP contribution is 1.82. The number of esters is 1. The second-order valence-electron chi connectivity index (χ2n) is 1.71. The number of hydrogen-bond acceptors (Lipinski definition) is 3. The van der Waals surface area contributed by atoms with Crippen LogP contribution in [0.1, 0.15) is 6.92 Å². The van der Waals surface area contributed by atoms with Crippen molar-refractivity contribution in [3.8, 4) is 0 Å². The molecule has 0 saturated carbocycles. The fourth-order valence-corrected chi connectivity index (χ4v) is 0.273. The van der Waals surface area contributed by atoms with Gasteiger partial charge in [0.25, 0.3) is 0 Å². The van der Waals surface area contributed by atoms with E-state index in [1.54, 1.807) is 6.92 Å². The highest BCUT2D eigenvalue weighted by Gasteiger charge is 2.05. The van der Waals surface area contributed by atoms with Gasteiger partial charge in [-0.3, -0.25) is 4.79 Å². The van der Waals surface area contributed by atoms with E-state index in [0.29, 0.717) is 0 Å². The van der Waals surface area contributed by atoms with Crippen LogP contribution in [-0.4, -0.2) is 18.6 Å². The summed E-state index contributed by atoms with van der Waals surface area (Å²) in [5, 5.41) is 0. The van der Waals surface area contributed by atoms with E-state index in [0.717, 1.165) is 0 Å². The molecule has 0 heterocycles. The summed E-state index contributed by atoms with van der Waals surface area (Å²) in [6.07, 6.45) is 1.50. The molecule has 0 rings (SSSR count). The average Bonchev–Trinajstić information content (AvgIpc) is 1.82. The van der Waals surface area contributed by atoms with Crippen molar-refractivity contribution in [2.75, 3.05) is 6.61 Å². The van der Waals surface area contributed by atoms with Crippen LogP contribution in [0.3, 0.4) is 0 Å². The monoisotopic (exact) mass is 165 g/mol. The zero-order valence-electron chi connectivity index (χ0n) is 5.87. The van der Waals surface area contributed by atoms with E-state index in [-0.39, 0.29) is 19.0 Å². The van der Waals surface area contributed by atoms with E-state index in [1.807, 2.05) is 0 Å². The van der Waals surface area contributed by atoms with Crippen LogP contribution in [0.2, 0.25) is 0 Å². The molecule has 0 spiro atoms. The summed E-state index contributed by atoms with van der Waals surface area (Å²) in [5.74, 6) is -0.394. The van der Waals surface area contributed by atoms with Gasteiger partial charge in [0.15, 0.2) is 0 Å². The maximum atomic E-state index is 10.5. The second kappa shape index (κ2) is 6.58. The van der Waals surface area contributed by atoms with E-state index in [2.05, 4.69) is 11.3 Å². The fraction of sp³-hybridized carbons (Fsp3) is 0.500. The minimum atomic E-state index is -0.537. The molecule has 1 atom stereocenters. The van der Waals surface area contributed by atoms with Gasteiger partial charge in [0, 0.05) is 0 Å².